The van der Waals surface area contributed by atoms with Gasteiger partial charge in [-0.15, -0.1) is 0 Å². The molecular weight excluding hydrogens is 398 g/mol. The average Bonchev–Trinajstić information content (AvgIpc) is 3.18. The van der Waals surface area contributed by atoms with Crippen LogP contribution in [0.1, 0.15) is 5.56 Å². The summed E-state index contributed by atoms with van der Waals surface area (Å²) in [7, 11) is 0. The number of rotatable bonds is 5. The van der Waals surface area contributed by atoms with E-state index in [9.17, 15) is 4.79 Å². The van der Waals surface area contributed by atoms with Crippen LogP contribution in [0, 0.1) is 6.92 Å². The predicted octanol–water partition coefficient (Wildman–Crippen LogP) is 4.70. The molecule has 0 aliphatic carbocycles. The number of nitrogens with one attached hydrogen (secondary N) is 2. The van der Waals surface area contributed by atoms with Crippen molar-refractivity contribution in [1.82, 2.24) is 10.3 Å². The van der Waals surface area contributed by atoms with Crippen molar-refractivity contribution in [3.05, 3.63) is 78.4 Å². The Labute approximate surface area is 178 Å². The lowest BCUT2D eigenvalue weighted by Crippen LogP contribution is -2.37. The fraction of sp³-hybridized carbons (Fsp3) is 0.0870. The lowest BCUT2D eigenvalue weighted by Gasteiger charge is -2.10. The zero-order valence-electron chi connectivity index (χ0n) is 16.2. The van der Waals surface area contributed by atoms with E-state index >= 15 is 0 Å². The fourth-order valence-corrected chi connectivity index (χ4v) is 3.03. The number of ether oxygens (including phenoxy) is 1. The lowest BCUT2D eigenvalue weighted by molar-refractivity contribution is -0.121. The minimum atomic E-state index is -0.337. The van der Waals surface area contributed by atoms with Gasteiger partial charge in [-0.05, 0) is 67.7 Å². The molecule has 0 aliphatic heterocycles. The maximum absolute atomic E-state index is 12.0. The van der Waals surface area contributed by atoms with E-state index in [1.54, 1.807) is 0 Å². The average molecular weight is 417 g/mol. The molecule has 0 unspecified atom stereocenters. The van der Waals surface area contributed by atoms with E-state index in [0.29, 0.717) is 11.6 Å². The molecular formula is C23H19N3O3S. The second-order valence-corrected chi connectivity index (χ2v) is 7.08. The molecule has 7 heteroatoms. The zero-order valence-corrected chi connectivity index (χ0v) is 17.0. The Morgan fingerprint density at radius 1 is 1.03 bits per heavy atom. The van der Waals surface area contributed by atoms with Crippen LogP contribution in [0.5, 0.6) is 5.75 Å². The van der Waals surface area contributed by atoms with Crippen molar-refractivity contribution >= 4 is 40.0 Å². The van der Waals surface area contributed by atoms with Crippen LogP contribution < -0.4 is 15.4 Å². The van der Waals surface area contributed by atoms with Crippen LogP contribution in [-0.2, 0) is 4.79 Å². The van der Waals surface area contributed by atoms with E-state index in [-0.39, 0.29) is 17.6 Å². The number of carbonyl (C=O) groups excluding carboxylic acids is 1. The molecule has 1 amide bonds. The van der Waals surface area contributed by atoms with Crippen molar-refractivity contribution in [1.29, 1.82) is 0 Å². The summed E-state index contributed by atoms with van der Waals surface area (Å²) in [4.78, 5) is 16.5. The van der Waals surface area contributed by atoms with Gasteiger partial charge in [-0.3, -0.25) is 10.1 Å². The molecule has 2 N–H and O–H groups in total. The number of amides is 1. The zero-order chi connectivity index (χ0) is 20.9. The summed E-state index contributed by atoms with van der Waals surface area (Å²) in [5, 5.41) is 5.77. The van der Waals surface area contributed by atoms with E-state index in [2.05, 4.69) is 15.6 Å². The van der Waals surface area contributed by atoms with Crippen LogP contribution in [0.4, 0.5) is 5.69 Å². The lowest BCUT2D eigenvalue weighted by atomic mass is 10.2. The Morgan fingerprint density at radius 2 is 1.77 bits per heavy atom. The van der Waals surface area contributed by atoms with E-state index in [4.69, 9.17) is 21.4 Å². The number of aromatic nitrogens is 1. The molecule has 6 nitrogen and oxygen atoms in total. The third kappa shape index (κ3) is 4.82. The van der Waals surface area contributed by atoms with Crippen LogP contribution in [0.15, 0.2) is 77.2 Å². The van der Waals surface area contributed by atoms with Crippen LogP contribution >= 0.6 is 12.2 Å². The van der Waals surface area contributed by atoms with Crippen LogP contribution in [0.2, 0.25) is 0 Å². The first-order valence-corrected chi connectivity index (χ1v) is 9.74. The highest BCUT2D eigenvalue weighted by Gasteiger charge is 2.09. The molecule has 0 bridgehead atoms. The van der Waals surface area contributed by atoms with Gasteiger partial charge in [0.1, 0.15) is 11.3 Å². The largest absolute Gasteiger partial charge is 0.484 e. The number of nitrogens with zero attached hydrogens (tertiary/aromatic N) is 1. The molecule has 1 aromatic heterocycles. The fourth-order valence-electron chi connectivity index (χ4n) is 2.80. The third-order valence-electron chi connectivity index (χ3n) is 4.33. The molecule has 0 aliphatic rings. The Morgan fingerprint density at radius 3 is 2.50 bits per heavy atom. The molecule has 30 heavy (non-hydrogen) atoms. The van der Waals surface area contributed by atoms with Crippen molar-refractivity contribution in [3.63, 3.8) is 0 Å². The number of benzene rings is 3. The van der Waals surface area contributed by atoms with Crippen molar-refractivity contribution in [2.24, 2.45) is 0 Å². The van der Waals surface area contributed by atoms with Gasteiger partial charge in [0.25, 0.3) is 5.91 Å². The standard InChI is InChI=1S/C23H19N3O3S/c1-15-6-12-18(13-7-15)28-14-21(27)26-23(30)24-17-10-8-16(9-11-17)22-25-19-4-2-3-5-20(19)29-22/h2-13H,14H2,1H3,(H2,24,26,27,30). The van der Waals surface area contributed by atoms with E-state index in [0.717, 1.165) is 27.9 Å². The third-order valence-corrected chi connectivity index (χ3v) is 4.53. The highest BCUT2D eigenvalue weighted by atomic mass is 32.1. The number of para-hydroxylation sites is 2. The van der Waals surface area contributed by atoms with Gasteiger partial charge in [-0.25, -0.2) is 4.98 Å². The van der Waals surface area contributed by atoms with Gasteiger partial charge in [-0.1, -0.05) is 29.8 Å². The minimum absolute atomic E-state index is 0.123. The smallest absolute Gasteiger partial charge is 0.264 e. The number of thiocarbonyl (C=S) groups is 1. The number of hydrogen-bond donors (Lipinski definition) is 2. The van der Waals surface area contributed by atoms with Gasteiger partial charge < -0.3 is 14.5 Å². The Balaban J connectivity index is 1.30. The van der Waals surface area contributed by atoms with Gasteiger partial charge in [0.15, 0.2) is 17.3 Å². The van der Waals surface area contributed by atoms with Gasteiger partial charge in [0, 0.05) is 11.3 Å². The first kappa shape index (κ1) is 19.6. The van der Waals surface area contributed by atoms with Crippen LogP contribution in [0.25, 0.3) is 22.6 Å². The molecule has 0 fully saturated rings. The number of oxazole rings is 1. The van der Waals surface area contributed by atoms with E-state index in [1.165, 1.54) is 0 Å². The molecule has 0 atom stereocenters. The highest BCUT2D eigenvalue weighted by Crippen LogP contribution is 2.25. The normalized spacial score (nSPS) is 10.6. The summed E-state index contributed by atoms with van der Waals surface area (Å²) in [6.07, 6.45) is 0. The summed E-state index contributed by atoms with van der Waals surface area (Å²) < 4.78 is 11.2. The first-order chi connectivity index (χ1) is 14.6. The van der Waals surface area contributed by atoms with Crippen molar-refractivity contribution in [2.75, 3.05) is 11.9 Å². The monoisotopic (exact) mass is 417 g/mol. The maximum atomic E-state index is 12.0. The summed E-state index contributed by atoms with van der Waals surface area (Å²) in [5.74, 6) is 0.840. The number of anilines is 1. The summed E-state index contributed by atoms with van der Waals surface area (Å²) in [6.45, 7) is 1.86. The van der Waals surface area contributed by atoms with Crippen molar-refractivity contribution in [3.8, 4) is 17.2 Å². The maximum Gasteiger partial charge on any atom is 0.264 e. The summed E-state index contributed by atoms with van der Waals surface area (Å²) >= 11 is 5.20. The molecule has 3 aromatic carbocycles. The predicted molar refractivity (Wildman–Crippen MR) is 120 cm³/mol. The SMILES string of the molecule is Cc1ccc(OCC(=O)NC(=S)Nc2ccc(-c3nc4ccccc4o3)cc2)cc1. The molecule has 0 saturated carbocycles. The van der Waals surface area contributed by atoms with Crippen molar-refractivity contribution < 1.29 is 13.9 Å². The Kier molecular flexibility index (Phi) is 5.72. The van der Waals surface area contributed by atoms with Crippen LogP contribution in [0.3, 0.4) is 0 Å². The van der Waals surface area contributed by atoms with Gasteiger partial charge in [0.2, 0.25) is 5.89 Å². The Bertz CT molecular complexity index is 1150. The van der Waals surface area contributed by atoms with Gasteiger partial charge in [-0.2, -0.15) is 0 Å². The van der Waals surface area contributed by atoms with E-state index in [1.807, 2.05) is 79.7 Å². The second kappa shape index (κ2) is 8.75. The number of carbonyl (C=O) groups is 1. The van der Waals surface area contributed by atoms with Gasteiger partial charge in [0.05, 0.1) is 0 Å². The molecule has 4 aromatic rings. The quantitative estimate of drug-likeness (QED) is 0.459. The molecule has 150 valence electrons. The molecule has 4 rings (SSSR count). The number of hydrogen-bond acceptors (Lipinski definition) is 5. The molecule has 0 spiro atoms. The summed E-state index contributed by atoms with van der Waals surface area (Å²) in [6, 6.07) is 22.5. The molecule has 0 radical (unpaired) electrons. The first-order valence-electron chi connectivity index (χ1n) is 9.33. The summed E-state index contributed by atoms with van der Waals surface area (Å²) in [5.41, 5.74) is 4.26. The number of fused-ring (bicyclic) bond motifs is 1. The van der Waals surface area contributed by atoms with Gasteiger partial charge >= 0.3 is 0 Å². The highest BCUT2D eigenvalue weighted by molar-refractivity contribution is 7.80. The molecule has 1 heterocycles. The Hall–Kier alpha value is -3.71. The van der Waals surface area contributed by atoms with Crippen molar-refractivity contribution in [2.45, 2.75) is 6.92 Å². The molecule has 0 saturated heterocycles. The minimum Gasteiger partial charge on any atom is -0.484 e. The number of aryl methyl sites for hydroxylation is 1. The topological polar surface area (TPSA) is 76.4 Å². The van der Waals surface area contributed by atoms with Crippen LogP contribution in [-0.4, -0.2) is 22.6 Å². The van der Waals surface area contributed by atoms with E-state index < -0.39 is 0 Å². The second-order valence-electron chi connectivity index (χ2n) is 6.67.